The fraction of sp³-hybridized carbons (Fsp3) is 0.500. The molecule has 0 aromatic carbocycles. The zero-order valence-corrected chi connectivity index (χ0v) is 8.38. The maximum Gasteiger partial charge on any atom is 0.457 e. The molecule has 0 unspecified atom stereocenters. The molecule has 0 aliphatic carbocycles. The number of carbonyl (C=O) groups excluding carboxylic acids is 2. The number of allylic oxidation sites excluding steroid dienone is 1. The molecule has 0 spiro atoms. The van der Waals surface area contributed by atoms with Crippen LogP contribution in [0.1, 0.15) is 0 Å². The van der Waals surface area contributed by atoms with Gasteiger partial charge in [-0.25, -0.2) is 9.59 Å². The van der Waals surface area contributed by atoms with Crippen molar-refractivity contribution in [3.63, 3.8) is 0 Å². The summed E-state index contributed by atoms with van der Waals surface area (Å²) in [4.78, 5) is 21.0. The lowest BCUT2D eigenvalue weighted by molar-refractivity contribution is -0.259. The van der Waals surface area contributed by atoms with Crippen LogP contribution in [0.3, 0.4) is 0 Å². The smallest absolute Gasteiger partial charge is 0.457 e. The van der Waals surface area contributed by atoms with E-state index in [1.54, 1.807) is 0 Å². The van der Waals surface area contributed by atoms with Crippen LogP contribution in [0.25, 0.3) is 0 Å². The Labute approximate surface area is 92.0 Å². The number of rotatable bonds is 3. The molecule has 0 atom stereocenters. The molecule has 0 saturated carbocycles. The molecule has 0 radical (unpaired) electrons. The number of hydrogen-bond acceptors (Lipinski definition) is 4. The topological polar surface area (TPSA) is 52.6 Å². The summed E-state index contributed by atoms with van der Waals surface area (Å²) < 4.78 is 67.2. The van der Waals surface area contributed by atoms with Gasteiger partial charge in [-0.2, -0.15) is 22.0 Å². The molecule has 0 rings (SSSR count). The first kappa shape index (κ1) is 15.3. The summed E-state index contributed by atoms with van der Waals surface area (Å²) in [6.45, 7) is -0.903. The number of alkyl halides is 5. The van der Waals surface area contributed by atoms with Crippen molar-refractivity contribution in [3.05, 3.63) is 12.2 Å². The molecule has 17 heavy (non-hydrogen) atoms. The first-order chi connectivity index (χ1) is 7.62. The second kappa shape index (κ2) is 5.60. The highest BCUT2D eigenvalue weighted by Gasteiger charge is 2.55. The fourth-order valence-corrected chi connectivity index (χ4v) is 0.557. The van der Waals surface area contributed by atoms with Crippen molar-refractivity contribution in [2.45, 2.75) is 12.1 Å². The predicted octanol–water partition coefficient (Wildman–Crippen LogP) is 1.46. The summed E-state index contributed by atoms with van der Waals surface area (Å²) in [5, 5.41) is 0. The van der Waals surface area contributed by atoms with Gasteiger partial charge in [0.1, 0.15) is 6.61 Å². The second-order valence-corrected chi connectivity index (χ2v) is 2.61. The molecular weight excluding hydrogens is 255 g/mol. The predicted molar refractivity (Wildman–Crippen MR) is 43.1 cm³/mol. The van der Waals surface area contributed by atoms with E-state index in [1.165, 1.54) is 0 Å². The molecule has 9 heteroatoms. The Kier molecular flexibility index (Phi) is 5.05. The van der Waals surface area contributed by atoms with Gasteiger partial charge < -0.3 is 9.47 Å². The van der Waals surface area contributed by atoms with E-state index in [9.17, 15) is 31.5 Å². The van der Waals surface area contributed by atoms with E-state index in [0.717, 1.165) is 7.11 Å². The van der Waals surface area contributed by atoms with Gasteiger partial charge in [0.25, 0.3) is 0 Å². The third-order valence-corrected chi connectivity index (χ3v) is 1.37. The number of carbonyl (C=O) groups is 2. The van der Waals surface area contributed by atoms with Gasteiger partial charge in [-0.15, -0.1) is 0 Å². The molecule has 0 aromatic rings. The Bertz CT molecular complexity index is 320. The van der Waals surface area contributed by atoms with Gasteiger partial charge in [-0.3, -0.25) is 0 Å². The Hall–Kier alpha value is -1.67. The third kappa shape index (κ3) is 4.79. The maximum absolute atomic E-state index is 12.2. The first-order valence-corrected chi connectivity index (χ1v) is 3.99. The van der Waals surface area contributed by atoms with E-state index >= 15 is 0 Å². The van der Waals surface area contributed by atoms with Crippen molar-refractivity contribution < 1.29 is 41.0 Å². The summed E-state index contributed by atoms with van der Waals surface area (Å²) in [6, 6.07) is 0. The zero-order valence-electron chi connectivity index (χ0n) is 8.38. The van der Waals surface area contributed by atoms with Crippen LogP contribution in [0.4, 0.5) is 22.0 Å². The monoisotopic (exact) mass is 262 g/mol. The largest absolute Gasteiger partial charge is 0.461 e. The minimum absolute atomic E-state index is 0.272. The van der Waals surface area contributed by atoms with Crippen LogP contribution in [-0.2, 0) is 19.1 Å². The molecule has 0 aliphatic rings. The maximum atomic E-state index is 12.2. The molecule has 0 aliphatic heterocycles. The lowest BCUT2D eigenvalue weighted by Crippen LogP contribution is -2.34. The van der Waals surface area contributed by atoms with Gasteiger partial charge in [0.05, 0.1) is 7.11 Å². The Morgan fingerprint density at radius 3 is 2.06 bits per heavy atom. The molecule has 0 heterocycles. The highest BCUT2D eigenvalue weighted by Crippen LogP contribution is 2.36. The molecule has 0 saturated heterocycles. The summed E-state index contributed by atoms with van der Waals surface area (Å²) >= 11 is 0. The molecule has 0 bridgehead atoms. The van der Waals surface area contributed by atoms with E-state index in [0.29, 0.717) is 0 Å². The van der Waals surface area contributed by atoms with E-state index in [2.05, 4.69) is 9.47 Å². The van der Waals surface area contributed by atoms with Crippen molar-refractivity contribution in [2.75, 3.05) is 13.7 Å². The number of hydrogen-bond donors (Lipinski definition) is 0. The number of esters is 2. The highest BCUT2D eigenvalue weighted by molar-refractivity contribution is 6.29. The van der Waals surface area contributed by atoms with Gasteiger partial charge >= 0.3 is 24.0 Å². The van der Waals surface area contributed by atoms with Crippen molar-refractivity contribution in [1.82, 2.24) is 0 Å². The van der Waals surface area contributed by atoms with Crippen LogP contribution in [0, 0.1) is 0 Å². The normalized spacial score (nSPS) is 12.6. The Morgan fingerprint density at radius 2 is 1.65 bits per heavy atom. The summed E-state index contributed by atoms with van der Waals surface area (Å²) in [5.74, 6) is -7.90. The van der Waals surface area contributed by atoms with Crippen LogP contribution in [0.2, 0.25) is 0 Å². The average molecular weight is 262 g/mol. The lowest BCUT2D eigenvalue weighted by Gasteiger charge is -2.15. The van der Waals surface area contributed by atoms with Gasteiger partial charge in [0, 0.05) is 0 Å². The Balaban J connectivity index is 4.23. The van der Waals surface area contributed by atoms with Crippen LogP contribution < -0.4 is 0 Å². The number of methoxy groups -OCH3 is 1. The summed E-state index contributed by atoms with van der Waals surface area (Å²) in [7, 11) is 0.872. The van der Waals surface area contributed by atoms with Gasteiger partial charge in [0.15, 0.2) is 0 Å². The molecule has 98 valence electrons. The first-order valence-electron chi connectivity index (χ1n) is 3.99. The van der Waals surface area contributed by atoms with Crippen molar-refractivity contribution >= 4 is 11.9 Å². The van der Waals surface area contributed by atoms with Gasteiger partial charge in [0.2, 0.25) is 0 Å². The minimum Gasteiger partial charge on any atom is -0.461 e. The van der Waals surface area contributed by atoms with Gasteiger partial charge in [-0.1, -0.05) is 0 Å². The van der Waals surface area contributed by atoms with Crippen molar-refractivity contribution in [2.24, 2.45) is 0 Å². The van der Waals surface area contributed by atoms with Gasteiger partial charge in [-0.05, 0) is 12.2 Å². The summed E-state index contributed by atoms with van der Waals surface area (Å²) in [5.41, 5.74) is 0. The van der Waals surface area contributed by atoms with Crippen molar-refractivity contribution in [3.8, 4) is 0 Å². The van der Waals surface area contributed by atoms with Crippen LogP contribution in [-0.4, -0.2) is 37.8 Å². The van der Waals surface area contributed by atoms with Crippen LogP contribution in [0.5, 0.6) is 0 Å². The molecule has 0 fully saturated rings. The standard InChI is InChI=1S/C8H7F5O4/c1-16-5(14)6(15)17-4-2-3-7(9,10)8(11,12)13/h2-3H,4H2,1H3. The molecular formula is C8H7F5O4. The highest BCUT2D eigenvalue weighted by atomic mass is 19.4. The molecule has 0 amide bonds. The molecule has 0 N–H and O–H groups in total. The van der Waals surface area contributed by atoms with Crippen molar-refractivity contribution in [1.29, 1.82) is 0 Å². The van der Waals surface area contributed by atoms with E-state index < -0.39 is 36.7 Å². The second-order valence-electron chi connectivity index (χ2n) is 2.61. The zero-order chi connectivity index (χ0) is 13.7. The minimum atomic E-state index is -5.73. The average Bonchev–Trinajstić information content (AvgIpc) is 2.21. The molecule has 0 aromatic heterocycles. The number of ether oxygens (including phenoxy) is 2. The van der Waals surface area contributed by atoms with E-state index in [1.807, 2.05) is 0 Å². The SMILES string of the molecule is COC(=O)C(=O)OCC=CC(F)(F)C(F)(F)F. The van der Waals surface area contributed by atoms with E-state index in [-0.39, 0.29) is 6.08 Å². The lowest BCUT2D eigenvalue weighted by atomic mass is 10.3. The van der Waals surface area contributed by atoms with E-state index in [4.69, 9.17) is 0 Å². The summed E-state index contributed by atoms with van der Waals surface area (Å²) in [6.07, 6.45) is -5.93. The van der Waals surface area contributed by atoms with Crippen LogP contribution in [0.15, 0.2) is 12.2 Å². The Morgan fingerprint density at radius 1 is 1.12 bits per heavy atom. The molecule has 4 nitrogen and oxygen atoms in total. The quantitative estimate of drug-likeness (QED) is 0.334. The third-order valence-electron chi connectivity index (χ3n) is 1.37. The fourth-order valence-electron chi connectivity index (χ4n) is 0.557. The number of halogens is 5. The van der Waals surface area contributed by atoms with Crippen LogP contribution >= 0.6 is 0 Å².